The Morgan fingerprint density at radius 1 is 0.402 bits per heavy atom. The number of aliphatic hydroxyl groups is 23. The quantitative estimate of drug-likeness (QED) is 0.0288. The average Bonchev–Trinajstić information content (AvgIpc) is 0.672. The largest absolute Gasteiger partial charge is 0.432 e. The Balaban J connectivity index is 0.640. The van der Waals surface area contributed by atoms with E-state index >= 15 is 4.79 Å². The van der Waals surface area contributed by atoms with Gasteiger partial charge in [-0.15, -0.1) is 0 Å². The molecular formula is C80H130O42. The van der Waals surface area contributed by atoms with Crippen LogP contribution in [0.3, 0.4) is 0 Å². The van der Waals surface area contributed by atoms with Crippen LogP contribution in [0.2, 0.25) is 0 Å². The molecule has 50 unspecified atom stereocenters. The molecule has 702 valence electrons. The fraction of sp³-hybridized carbons (Fsp3) is 0.963. The Bertz CT molecular complexity index is 3520. The summed E-state index contributed by atoms with van der Waals surface area (Å²) in [6.07, 6.45) is -64.0. The van der Waals surface area contributed by atoms with Crippen molar-refractivity contribution in [3.05, 3.63) is 11.6 Å². The van der Waals surface area contributed by atoms with Gasteiger partial charge < -0.3 is 203 Å². The summed E-state index contributed by atoms with van der Waals surface area (Å²) in [5.41, 5.74) is -2.59. The van der Waals surface area contributed by atoms with Crippen molar-refractivity contribution in [2.75, 3.05) is 46.2 Å². The first-order valence-corrected chi connectivity index (χ1v) is 42.8. The summed E-state index contributed by atoms with van der Waals surface area (Å²) in [6.45, 7) is 13.4. The van der Waals surface area contributed by atoms with Crippen LogP contribution in [-0.4, -0.2) is 428 Å². The highest BCUT2D eigenvalue weighted by Gasteiger charge is 2.72. The van der Waals surface area contributed by atoms with E-state index in [-0.39, 0.29) is 36.4 Å². The summed E-state index contributed by atoms with van der Waals surface area (Å²) in [7, 11) is 0. The van der Waals surface area contributed by atoms with Gasteiger partial charge in [0.2, 0.25) is 6.29 Å². The van der Waals surface area contributed by atoms with Gasteiger partial charge in [-0.05, 0) is 124 Å². The molecule has 0 spiro atoms. The summed E-state index contributed by atoms with van der Waals surface area (Å²) < 4.78 is 108. The zero-order valence-corrected chi connectivity index (χ0v) is 69.6. The third kappa shape index (κ3) is 17.2. The third-order valence-electron chi connectivity index (χ3n) is 30.5. The van der Waals surface area contributed by atoms with Crippen LogP contribution in [0.25, 0.3) is 0 Å². The Labute approximate surface area is 703 Å². The highest BCUT2D eigenvalue weighted by atomic mass is 16.8. The molecule has 23 N–H and O–H groups in total. The molecule has 0 aromatic rings. The maximum absolute atomic E-state index is 15.8. The number of ether oxygens (including phenoxy) is 18. The van der Waals surface area contributed by atoms with Crippen LogP contribution in [0.1, 0.15) is 127 Å². The summed E-state index contributed by atoms with van der Waals surface area (Å²) in [5.74, 6) is -1.18. The molecule has 42 heteroatoms. The van der Waals surface area contributed by atoms with Crippen LogP contribution < -0.4 is 0 Å². The number of aliphatic hydroxyl groups excluding tert-OH is 23. The number of rotatable bonds is 21. The van der Waals surface area contributed by atoms with Crippen LogP contribution in [-0.2, 0) is 90.1 Å². The van der Waals surface area contributed by atoms with E-state index in [4.69, 9.17) is 85.3 Å². The highest BCUT2D eigenvalue weighted by Crippen LogP contribution is 2.76. The second-order valence-electron chi connectivity index (χ2n) is 38.4. The molecule has 4 saturated carbocycles. The smallest absolute Gasteiger partial charge is 0.315 e. The number of fused-ring (bicyclic) bond motifs is 7. The van der Waals surface area contributed by atoms with E-state index < -0.39 is 324 Å². The predicted octanol–water partition coefficient (Wildman–Crippen LogP) is -8.30. The first-order chi connectivity index (χ1) is 57.4. The van der Waals surface area contributed by atoms with Gasteiger partial charge in [-0.25, -0.2) is 0 Å². The number of allylic oxidation sites excluding steroid dienone is 2. The van der Waals surface area contributed by atoms with Crippen molar-refractivity contribution < 1.29 is 208 Å². The minimum atomic E-state index is -2.15. The van der Waals surface area contributed by atoms with E-state index in [1.807, 2.05) is 6.92 Å². The molecule has 9 aliphatic heterocycles. The van der Waals surface area contributed by atoms with Crippen molar-refractivity contribution in [2.45, 2.75) is 385 Å². The van der Waals surface area contributed by atoms with Gasteiger partial charge in [0, 0.05) is 5.41 Å². The standard InChI is InChI=1S/C80H130O42/c1-28-42(86)51(95)56(100)65(110-28)108-25-37-49(93)53(97)64(121-68-57(101)52(96)48(92)36(21-81)113-68)73(114-37)115-38-26-109-67(55(99)50(38)94)118-61-44(88)30(3)112-70(59(61)103)120-63-47(91)35(85)24-107-72(63)122-74(104)80-18-16-75(4,5)20-32(80)31-10-11-40-76(6)14-13-41(77(7,27-82)39(76)12-15-79(40,9)78(31,8)17-19-80)116-71-62(46(90)34(84)23-106-71)119-69-58(102)60(43(87)29(2)111-69)117-66-54(98)45(89)33(83)22-105-66/h10,28-30,32-73,81-103H,11-27H2,1-9H3. The monoisotopic (exact) mass is 1760 g/mol. The van der Waals surface area contributed by atoms with Gasteiger partial charge in [-0.2, -0.15) is 0 Å². The van der Waals surface area contributed by atoms with Crippen molar-refractivity contribution in [2.24, 2.45) is 50.2 Å². The Morgan fingerprint density at radius 2 is 0.877 bits per heavy atom. The summed E-state index contributed by atoms with van der Waals surface area (Å²) in [6, 6.07) is 0. The molecule has 0 bridgehead atoms. The molecule has 50 atom stereocenters. The van der Waals surface area contributed by atoms with E-state index in [1.165, 1.54) is 20.8 Å². The second kappa shape index (κ2) is 37.0. The lowest BCUT2D eigenvalue weighted by Crippen LogP contribution is -2.67. The second-order valence-corrected chi connectivity index (χ2v) is 38.4. The molecule has 5 aliphatic carbocycles. The maximum atomic E-state index is 15.8. The molecule has 14 aliphatic rings. The molecule has 14 rings (SSSR count). The van der Waals surface area contributed by atoms with Gasteiger partial charge in [0.15, 0.2) is 56.4 Å². The summed E-state index contributed by atoms with van der Waals surface area (Å²) in [4.78, 5) is 15.8. The topological polar surface area (TPSA) is 649 Å². The van der Waals surface area contributed by atoms with Gasteiger partial charge in [0.05, 0.1) is 76.1 Å². The molecule has 13 fully saturated rings. The van der Waals surface area contributed by atoms with E-state index in [1.54, 1.807) is 0 Å². The number of esters is 1. The molecule has 0 amide bonds. The molecule has 9 heterocycles. The molecule has 0 aromatic heterocycles. The SMILES string of the molecule is CC1OC(OCC2OC(OC3COC(OC4C(O)C(C)OC(OC5C(OC(=O)C67CCC(C)(C)CC6C6=CCC8C9(C)CCC(OC%10OCC(O)C(O)C%10OC%10OC(C)C(O)C(OC%11OCC(O)C(O)C%11O)C%10O)C(C)(CO)C9CCC8(C)C6(C)CC7)OCC(O)C5O)C4O)C(O)C3O)C(OC3OC(CO)C(O)C(O)C3O)C(O)C2O)C(O)C(O)C1O. The van der Waals surface area contributed by atoms with Gasteiger partial charge >= 0.3 is 5.97 Å². The maximum Gasteiger partial charge on any atom is 0.315 e. The lowest BCUT2D eigenvalue weighted by atomic mass is 9.33. The van der Waals surface area contributed by atoms with Crippen molar-refractivity contribution in [1.82, 2.24) is 0 Å². The summed E-state index contributed by atoms with van der Waals surface area (Å²) in [5, 5.41) is 255. The van der Waals surface area contributed by atoms with E-state index in [0.29, 0.717) is 64.2 Å². The Morgan fingerprint density at radius 3 is 1.48 bits per heavy atom. The highest BCUT2D eigenvalue weighted by molar-refractivity contribution is 5.79. The van der Waals surface area contributed by atoms with Crippen molar-refractivity contribution in [3.8, 4) is 0 Å². The van der Waals surface area contributed by atoms with E-state index in [9.17, 15) is 117 Å². The van der Waals surface area contributed by atoms with Gasteiger partial charge in [0.1, 0.15) is 171 Å². The minimum Gasteiger partial charge on any atom is -0.432 e. The normalized spacial score (nSPS) is 55.5. The number of hydrogen-bond donors (Lipinski definition) is 23. The lowest BCUT2D eigenvalue weighted by Gasteiger charge is -2.71. The van der Waals surface area contributed by atoms with Gasteiger partial charge in [-0.1, -0.05) is 53.2 Å². The number of hydrogen-bond acceptors (Lipinski definition) is 42. The van der Waals surface area contributed by atoms with Crippen molar-refractivity contribution >= 4 is 5.97 Å². The summed E-state index contributed by atoms with van der Waals surface area (Å²) >= 11 is 0. The van der Waals surface area contributed by atoms with E-state index in [2.05, 4.69) is 40.7 Å². The molecule has 9 saturated heterocycles. The van der Waals surface area contributed by atoms with Crippen molar-refractivity contribution in [3.63, 3.8) is 0 Å². The molecule has 0 radical (unpaired) electrons. The molecule has 122 heavy (non-hydrogen) atoms. The van der Waals surface area contributed by atoms with Gasteiger partial charge in [0.25, 0.3) is 0 Å². The zero-order valence-electron chi connectivity index (χ0n) is 69.6. The first-order valence-electron chi connectivity index (χ1n) is 42.8. The fourth-order valence-corrected chi connectivity index (χ4v) is 22.5. The van der Waals surface area contributed by atoms with Crippen molar-refractivity contribution in [1.29, 1.82) is 0 Å². The average molecular weight is 1760 g/mol. The van der Waals surface area contributed by atoms with Gasteiger partial charge in [-0.3, -0.25) is 4.79 Å². The lowest BCUT2D eigenvalue weighted by molar-refractivity contribution is -0.391. The predicted molar refractivity (Wildman–Crippen MR) is 399 cm³/mol. The van der Waals surface area contributed by atoms with Crippen LogP contribution in [0.5, 0.6) is 0 Å². The molecular weight excluding hydrogens is 1630 g/mol. The van der Waals surface area contributed by atoms with Crippen LogP contribution in [0, 0.1) is 50.2 Å². The Kier molecular flexibility index (Phi) is 29.0. The van der Waals surface area contributed by atoms with Crippen LogP contribution >= 0.6 is 0 Å². The molecule has 0 aromatic carbocycles. The van der Waals surface area contributed by atoms with E-state index in [0.717, 1.165) is 5.57 Å². The van der Waals surface area contributed by atoms with Crippen LogP contribution in [0.4, 0.5) is 0 Å². The molecule has 42 nitrogen and oxygen atoms in total. The van der Waals surface area contributed by atoms with Crippen LogP contribution in [0.15, 0.2) is 11.6 Å². The number of carbonyl (C=O) groups is 1. The minimum absolute atomic E-state index is 0.0240. The fourth-order valence-electron chi connectivity index (χ4n) is 22.5. The third-order valence-corrected chi connectivity index (χ3v) is 30.5. The Hall–Kier alpha value is -2.39. The number of carbonyl (C=O) groups excluding carboxylic acids is 1. The first kappa shape index (κ1) is 95.7. The zero-order chi connectivity index (χ0) is 88.6.